The Hall–Kier alpha value is -1.81. The summed E-state index contributed by atoms with van der Waals surface area (Å²) in [5.41, 5.74) is 1.61. The molecule has 0 spiro atoms. The highest BCUT2D eigenvalue weighted by atomic mass is 32.2. The van der Waals surface area contributed by atoms with Gasteiger partial charge in [-0.25, -0.2) is 4.39 Å². The van der Waals surface area contributed by atoms with E-state index in [1.165, 1.54) is 19.1 Å². The number of ketones is 1. The predicted octanol–water partition coefficient (Wildman–Crippen LogP) is 3.25. The summed E-state index contributed by atoms with van der Waals surface area (Å²) < 4.78 is 25.5. The number of halogens is 1. The molecular weight excluding hydrogens is 275 g/mol. The summed E-state index contributed by atoms with van der Waals surface area (Å²) in [4.78, 5) is 11.2. The number of Topliss-reactive ketones (excluding diaryl/α,β-unsaturated/α-hetero) is 1. The molecule has 0 heterocycles. The lowest BCUT2D eigenvalue weighted by Crippen LogP contribution is -2.15. The number of hydrogen-bond acceptors (Lipinski definition) is 2. The Morgan fingerprint density at radius 3 is 2.15 bits per heavy atom. The van der Waals surface area contributed by atoms with Gasteiger partial charge in [-0.3, -0.25) is 9.00 Å². The fraction of sp³-hybridized carbons (Fsp3) is 0.188. The van der Waals surface area contributed by atoms with E-state index >= 15 is 0 Å². The molecule has 2 aromatic carbocycles. The van der Waals surface area contributed by atoms with Gasteiger partial charge in [0.2, 0.25) is 0 Å². The summed E-state index contributed by atoms with van der Waals surface area (Å²) in [5, 5.41) is -0.416. The van der Waals surface area contributed by atoms with Crippen molar-refractivity contribution in [2.75, 3.05) is 5.75 Å². The van der Waals surface area contributed by atoms with Crippen LogP contribution in [0.2, 0.25) is 0 Å². The minimum atomic E-state index is -1.37. The van der Waals surface area contributed by atoms with Gasteiger partial charge in [-0.1, -0.05) is 42.5 Å². The maximum absolute atomic E-state index is 13.0. The highest BCUT2D eigenvalue weighted by molar-refractivity contribution is 7.86. The molecule has 0 amide bonds. The fourth-order valence-electron chi connectivity index (χ4n) is 2.05. The van der Waals surface area contributed by atoms with Gasteiger partial charge in [0.1, 0.15) is 11.6 Å². The zero-order valence-electron chi connectivity index (χ0n) is 11.1. The molecule has 0 bridgehead atoms. The molecule has 2 atom stereocenters. The van der Waals surface area contributed by atoms with Crippen molar-refractivity contribution in [2.45, 2.75) is 12.2 Å². The Morgan fingerprint density at radius 2 is 1.60 bits per heavy atom. The number of benzene rings is 2. The van der Waals surface area contributed by atoms with Crippen molar-refractivity contribution >= 4 is 16.6 Å². The van der Waals surface area contributed by atoms with E-state index in [2.05, 4.69) is 0 Å². The van der Waals surface area contributed by atoms with E-state index < -0.39 is 16.0 Å². The lowest BCUT2D eigenvalue weighted by molar-refractivity contribution is -0.114. The van der Waals surface area contributed by atoms with E-state index in [0.717, 1.165) is 11.1 Å². The quantitative estimate of drug-likeness (QED) is 0.847. The predicted molar refractivity (Wildman–Crippen MR) is 78.4 cm³/mol. The van der Waals surface area contributed by atoms with E-state index in [1.54, 1.807) is 12.1 Å². The van der Waals surface area contributed by atoms with Gasteiger partial charge < -0.3 is 0 Å². The van der Waals surface area contributed by atoms with E-state index in [-0.39, 0.29) is 17.4 Å². The SMILES string of the molecule is CC(=O)CS(=O)C(c1ccccc1)c1ccc(F)cc1. The van der Waals surface area contributed by atoms with Crippen LogP contribution in [0, 0.1) is 5.82 Å². The average Bonchev–Trinajstić information content (AvgIpc) is 2.42. The molecule has 0 N–H and O–H groups in total. The topological polar surface area (TPSA) is 34.1 Å². The molecule has 20 heavy (non-hydrogen) atoms. The zero-order valence-corrected chi connectivity index (χ0v) is 11.9. The van der Waals surface area contributed by atoms with Crippen LogP contribution in [0.3, 0.4) is 0 Å². The van der Waals surface area contributed by atoms with Crippen LogP contribution in [0.1, 0.15) is 23.3 Å². The Labute approximate surface area is 120 Å². The molecule has 0 saturated carbocycles. The van der Waals surface area contributed by atoms with Gasteiger partial charge in [0.05, 0.1) is 11.0 Å². The third kappa shape index (κ3) is 3.61. The van der Waals surface area contributed by atoms with Crippen molar-refractivity contribution in [2.24, 2.45) is 0 Å². The Balaban J connectivity index is 2.41. The summed E-state index contributed by atoms with van der Waals surface area (Å²) in [7, 11) is -1.37. The second kappa shape index (κ2) is 6.57. The van der Waals surface area contributed by atoms with Crippen LogP contribution in [-0.2, 0) is 15.6 Å². The molecule has 0 aliphatic heterocycles. The number of carbonyl (C=O) groups excluding carboxylic acids is 1. The second-order valence-corrected chi connectivity index (χ2v) is 6.09. The highest BCUT2D eigenvalue weighted by Gasteiger charge is 2.22. The third-order valence-corrected chi connectivity index (χ3v) is 4.64. The van der Waals surface area contributed by atoms with Crippen LogP contribution in [0.15, 0.2) is 54.6 Å². The first-order valence-electron chi connectivity index (χ1n) is 6.25. The van der Waals surface area contributed by atoms with E-state index in [9.17, 15) is 13.4 Å². The van der Waals surface area contributed by atoms with Crippen molar-refractivity contribution in [3.8, 4) is 0 Å². The molecule has 0 aromatic heterocycles. The maximum atomic E-state index is 13.0. The van der Waals surface area contributed by atoms with E-state index in [0.29, 0.717) is 0 Å². The van der Waals surface area contributed by atoms with Gasteiger partial charge in [0, 0.05) is 10.8 Å². The summed E-state index contributed by atoms with van der Waals surface area (Å²) >= 11 is 0. The zero-order chi connectivity index (χ0) is 14.5. The Bertz CT molecular complexity index is 608. The van der Waals surface area contributed by atoms with Crippen LogP contribution in [0.25, 0.3) is 0 Å². The molecular formula is C16H15FO2S. The van der Waals surface area contributed by atoms with Crippen molar-refractivity contribution < 1.29 is 13.4 Å². The first-order chi connectivity index (χ1) is 9.58. The highest BCUT2D eigenvalue weighted by Crippen LogP contribution is 2.28. The van der Waals surface area contributed by atoms with E-state index in [1.807, 2.05) is 30.3 Å². The fourth-order valence-corrected chi connectivity index (χ4v) is 3.53. The minimum Gasteiger partial charge on any atom is -0.299 e. The van der Waals surface area contributed by atoms with Gasteiger partial charge in [-0.2, -0.15) is 0 Å². The average molecular weight is 290 g/mol. The van der Waals surface area contributed by atoms with Gasteiger partial charge in [-0.15, -0.1) is 0 Å². The molecule has 4 heteroatoms. The minimum absolute atomic E-state index is 0.00304. The van der Waals surface area contributed by atoms with E-state index in [4.69, 9.17) is 0 Å². The Morgan fingerprint density at radius 1 is 1.05 bits per heavy atom. The van der Waals surface area contributed by atoms with Gasteiger partial charge in [0.25, 0.3) is 0 Å². The molecule has 2 nitrogen and oxygen atoms in total. The molecule has 0 saturated heterocycles. The molecule has 0 aliphatic carbocycles. The smallest absolute Gasteiger partial charge is 0.142 e. The van der Waals surface area contributed by atoms with Gasteiger partial charge in [0.15, 0.2) is 0 Å². The summed E-state index contributed by atoms with van der Waals surface area (Å²) in [6.45, 7) is 1.42. The third-order valence-electron chi connectivity index (χ3n) is 2.88. The number of hydrogen-bond donors (Lipinski definition) is 0. The molecule has 2 aromatic rings. The molecule has 104 valence electrons. The first-order valence-corrected chi connectivity index (χ1v) is 7.63. The lowest BCUT2D eigenvalue weighted by Gasteiger charge is -2.17. The van der Waals surface area contributed by atoms with Crippen LogP contribution in [0.5, 0.6) is 0 Å². The van der Waals surface area contributed by atoms with Gasteiger partial charge >= 0.3 is 0 Å². The molecule has 2 rings (SSSR count). The number of carbonyl (C=O) groups is 1. The maximum Gasteiger partial charge on any atom is 0.142 e. The van der Waals surface area contributed by atoms with Crippen LogP contribution in [0.4, 0.5) is 4.39 Å². The normalized spacial score (nSPS) is 13.7. The van der Waals surface area contributed by atoms with Gasteiger partial charge in [-0.05, 0) is 30.2 Å². The van der Waals surface area contributed by atoms with Crippen LogP contribution >= 0.6 is 0 Å². The first kappa shape index (κ1) is 14.6. The molecule has 2 unspecified atom stereocenters. The van der Waals surface area contributed by atoms with Crippen molar-refractivity contribution in [1.82, 2.24) is 0 Å². The molecule has 0 fully saturated rings. The summed E-state index contributed by atoms with van der Waals surface area (Å²) in [6, 6.07) is 15.2. The monoisotopic (exact) mass is 290 g/mol. The largest absolute Gasteiger partial charge is 0.299 e. The van der Waals surface area contributed by atoms with Crippen molar-refractivity contribution in [3.63, 3.8) is 0 Å². The van der Waals surface area contributed by atoms with Crippen molar-refractivity contribution in [3.05, 3.63) is 71.5 Å². The summed E-state index contributed by atoms with van der Waals surface area (Å²) in [5.74, 6) is -0.457. The van der Waals surface area contributed by atoms with Crippen LogP contribution < -0.4 is 0 Å². The summed E-state index contributed by atoms with van der Waals surface area (Å²) in [6.07, 6.45) is 0. The van der Waals surface area contributed by atoms with Crippen LogP contribution in [-0.4, -0.2) is 15.7 Å². The Kier molecular flexibility index (Phi) is 4.79. The molecule has 0 aliphatic rings. The lowest BCUT2D eigenvalue weighted by atomic mass is 10.0. The second-order valence-electron chi connectivity index (χ2n) is 4.57. The molecule has 0 radical (unpaired) electrons. The number of rotatable bonds is 5. The van der Waals surface area contributed by atoms with Crippen molar-refractivity contribution in [1.29, 1.82) is 0 Å². The standard InChI is InChI=1S/C16H15FO2S/c1-12(18)11-20(19)16(13-5-3-2-4-6-13)14-7-9-15(17)10-8-14/h2-10,16H,11H2,1H3.